The summed E-state index contributed by atoms with van der Waals surface area (Å²) in [7, 11) is -3.37. The smallest absolute Gasteiger partial charge is 0.251 e. The van der Waals surface area contributed by atoms with Crippen molar-refractivity contribution >= 4 is 44.8 Å². The van der Waals surface area contributed by atoms with Crippen molar-refractivity contribution in [3.8, 4) is 0 Å². The molecule has 0 aromatic heterocycles. The number of halogens is 2. The molecule has 2 rings (SSSR count). The van der Waals surface area contributed by atoms with E-state index in [1.807, 2.05) is 6.07 Å². The highest BCUT2D eigenvalue weighted by molar-refractivity contribution is 7.92. The minimum Gasteiger partial charge on any atom is -0.344 e. The quantitative estimate of drug-likeness (QED) is 0.591. The summed E-state index contributed by atoms with van der Waals surface area (Å²) in [5.41, 5.74) is 1.59. The number of amides is 1. The van der Waals surface area contributed by atoms with Crippen molar-refractivity contribution in [3.63, 3.8) is 0 Å². The number of carbonyl (C=O) groups is 1. The molecule has 1 unspecified atom stereocenters. The van der Waals surface area contributed by atoms with E-state index in [4.69, 9.17) is 23.2 Å². The Hall–Kier alpha value is -1.80. The molecule has 6 nitrogen and oxygen atoms in total. The molecule has 0 saturated carbocycles. The van der Waals surface area contributed by atoms with Crippen molar-refractivity contribution in [2.75, 3.05) is 30.6 Å². The lowest BCUT2D eigenvalue weighted by Gasteiger charge is -2.27. The van der Waals surface area contributed by atoms with E-state index in [0.29, 0.717) is 27.8 Å². The number of likely N-dealkylation sites (N-methyl/N-ethyl adjacent to an activating group) is 1. The number of rotatable bonds is 9. The Morgan fingerprint density at radius 2 is 1.69 bits per heavy atom. The minimum absolute atomic E-state index is 0.279. The van der Waals surface area contributed by atoms with Gasteiger partial charge in [0, 0.05) is 27.8 Å². The lowest BCUT2D eigenvalue weighted by Crippen LogP contribution is -2.38. The van der Waals surface area contributed by atoms with Crippen LogP contribution in [-0.2, 0) is 10.0 Å². The molecular weight excluding hydrogens is 433 g/mol. The van der Waals surface area contributed by atoms with E-state index in [-0.39, 0.29) is 11.9 Å². The van der Waals surface area contributed by atoms with Crippen LogP contribution in [0.3, 0.4) is 0 Å². The molecule has 0 bridgehead atoms. The Morgan fingerprint density at radius 1 is 1.07 bits per heavy atom. The van der Waals surface area contributed by atoms with E-state index >= 15 is 0 Å². The first-order chi connectivity index (χ1) is 13.6. The van der Waals surface area contributed by atoms with E-state index in [1.54, 1.807) is 36.4 Å². The van der Waals surface area contributed by atoms with Gasteiger partial charge in [-0.05, 0) is 55.1 Å². The van der Waals surface area contributed by atoms with Gasteiger partial charge in [0.15, 0.2) is 0 Å². The van der Waals surface area contributed by atoms with Gasteiger partial charge < -0.3 is 10.2 Å². The summed E-state index contributed by atoms with van der Waals surface area (Å²) >= 11 is 12.4. The molecule has 1 amide bonds. The molecule has 0 aliphatic rings. The first-order valence-corrected chi connectivity index (χ1v) is 11.8. The van der Waals surface area contributed by atoms with Gasteiger partial charge in [-0.2, -0.15) is 0 Å². The second kappa shape index (κ2) is 10.3. The van der Waals surface area contributed by atoms with Crippen molar-refractivity contribution < 1.29 is 13.2 Å². The zero-order valence-corrected chi connectivity index (χ0v) is 18.9. The summed E-state index contributed by atoms with van der Waals surface area (Å²) in [6.07, 6.45) is 1.07. The number of sulfonamides is 1. The summed E-state index contributed by atoms with van der Waals surface area (Å²) in [5.74, 6) is -0.279. The Labute approximate surface area is 182 Å². The van der Waals surface area contributed by atoms with Gasteiger partial charge in [0.2, 0.25) is 10.0 Å². The van der Waals surface area contributed by atoms with Gasteiger partial charge in [-0.3, -0.25) is 9.52 Å². The maximum Gasteiger partial charge on any atom is 0.251 e. The third-order valence-corrected chi connectivity index (χ3v) is 5.60. The Morgan fingerprint density at radius 3 is 2.21 bits per heavy atom. The minimum atomic E-state index is -3.37. The lowest BCUT2D eigenvalue weighted by atomic mass is 10.0. The molecule has 1 atom stereocenters. The molecule has 0 aliphatic heterocycles. The number of nitrogens with one attached hydrogen (secondary N) is 2. The molecule has 9 heteroatoms. The van der Waals surface area contributed by atoms with Crippen LogP contribution >= 0.6 is 23.2 Å². The second-order valence-electron chi connectivity index (χ2n) is 6.63. The molecule has 0 fully saturated rings. The average Bonchev–Trinajstić information content (AvgIpc) is 2.64. The van der Waals surface area contributed by atoms with E-state index in [9.17, 15) is 13.2 Å². The zero-order valence-electron chi connectivity index (χ0n) is 16.6. The third-order valence-electron chi connectivity index (χ3n) is 4.43. The number of carbonyl (C=O) groups excluding carboxylic acids is 1. The van der Waals surface area contributed by atoms with Gasteiger partial charge in [-0.1, -0.05) is 43.1 Å². The fourth-order valence-electron chi connectivity index (χ4n) is 2.89. The molecule has 0 heterocycles. The summed E-state index contributed by atoms with van der Waals surface area (Å²) in [6.45, 7) is 6.37. The van der Waals surface area contributed by atoms with Crippen LogP contribution in [0.4, 0.5) is 5.69 Å². The van der Waals surface area contributed by atoms with Gasteiger partial charge in [-0.25, -0.2) is 8.42 Å². The molecule has 2 aromatic carbocycles. The molecule has 29 heavy (non-hydrogen) atoms. The van der Waals surface area contributed by atoms with Crippen molar-refractivity contribution in [2.45, 2.75) is 19.9 Å². The van der Waals surface area contributed by atoms with E-state index in [1.165, 1.54) is 0 Å². The van der Waals surface area contributed by atoms with Gasteiger partial charge in [0.1, 0.15) is 0 Å². The molecule has 0 saturated heterocycles. The predicted octanol–water partition coefficient (Wildman–Crippen LogP) is 4.18. The zero-order chi connectivity index (χ0) is 21.6. The van der Waals surface area contributed by atoms with Crippen molar-refractivity contribution in [1.82, 2.24) is 10.2 Å². The normalized spacial score (nSPS) is 12.6. The largest absolute Gasteiger partial charge is 0.344 e. The van der Waals surface area contributed by atoms with Crippen molar-refractivity contribution in [1.29, 1.82) is 0 Å². The number of nitrogens with zero attached hydrogens (tertiary/aromatic N) is 1. The number of benzene rings is 2. The molecule has 0 spiro atoms. The number of anilines is 1. The fraction of sp³-hybridized carbons (Fsp3) is 0.350. The Balaban J connectivity index is 2.24. The lowest BCUT2D eigenvalue weighted by molar-refractivity contribution is 0.0925. The van der Waals surface area contributed by atoms with Gasteiger partial charge in [0.25, 0.3) is 5.91 Å². The van der Waals surface area contributed by atoms with Crippen LogP contribution in [0.1, 0.15) is 35.8 Å². The molecule has 2 aromatic rings. The molecule has 2 N–H and O–H groups in total. The first kappa shape index (κ1) is 23.5. The predicted molar refractivity (Wildman–Crippen MR) is 119 cm³/mol. The highest BCUT2D eigenvalue weighted by Crippen LogP contribution is 2.27. The maximum absolute atomic E-state index is 12.8. The van der Waals surface area contributed by atoms with Gasteiger partial charge in [0.05, 0.1) is 12.3 Å². The Kier molecular flexibility index (Phi) is 8.34. The highest BCUT2D eigenvalue weighted by Gasteiger charge is 2.21. The van der Waals surface area contributed by atoms with Crippen LogP contribution in [0.5, 0.6) is 0 Å². The van der Waals surface area contributed by atoms with Crippen LogP contribution in [0.2, 0.25) is 10.0 Å². The molecular formula is C20H25Cl2N3O3S. The van der Waals surface area contributed by atoms with E-state index < -0.39 is 10.0 Å². The first-order valence-electron chi connectivity index (χ1n) is 9.19. The van der Waals surface area contributed by atoms with Crippen molar-refractivity contribution in [2.24, 2.45) is 0 Å². The molecule has 0 radical (unpaired) electrons. The van der Waals surface area contributed by atoms with Crippen LogP contribution in [0.25, 0.3) is 0 Å². The van der Waals surface area contributed by atoms with Crippen LogP contribution < -0.4 is 10.0 Å². The summed E-state index contributed by atoms with van der Waals surface area (Å²) in [6, 6.07) is 11.1. The number of hydrogen-bond donors (Lipinski definition) is 2. The SMILES string of the molecule is CCN(CC)CC(NC(=O)c1ccc(NS(C)(=O)=O)cc1)c1ccc(Cl)cc1Cl. The van der Waals surface area contributed by atoms with Crippen LogP contribution in [0.15, 0.2) is 42.5 Å². The summed E-state index contributed by atoms with van der Waals surface area (Å²) in [5, 5.41) is 4.05. The van der Waals surface area contributed by atoms with Crippen LogP contribution in [-0.4, -0.2) is 45.1 Å². The van der Waals surface area contributed by atoms with E-state index in [0.717, 1.165) is 24.9 Å². The van der Waals surface area contributed by atoms with Crippen LogP contribution in [0, 0.1) is 0 Å². The molecule has 158 valence electrons. The average molecular weight is 458 g/mol. The fourth-order valence-corrected chi connectivity index (χ4v) is 4.00. The standard InChI is InChI=1S/C20H25Cl2N3O3S/c1-4-25(5-2)13-19(17-11-8-15(21)12-18(17)22)23-20(26)14-6-9-16(10-7-14)24-29(3,27)28/h6-12,19,24H,4-5,13H2,1-3H3,(H,23,26). The van der Waals surface area contributed by atoms with Crippen molar-refractivity contribution in [3.05, 3.63) is 63.6 Å². The number of hydrogen-bond acceptors (Lipinski definition) is 4. The summed E-state index contributed by atoms with van der Waals surface area (Å²) in [4.78, 5) is 15.0. The Bertz CT molecular complexity index is 946. The maximum atomic E-state index is 12.8. The van der Waals surface area contributed by atoms with Gasteiger partial charge in [-0.15, -0.1) is 0 Å². The second-order valence-corrected chi connectivity index (χ2v) is 9.22. The third kappa shape index (κ3) is 7.19. The monoisotopic (exact) mass is 457 g/mol. The highest BCUT2D eigenvalue weighted by atomic mass is 35.5. The van der Waals surface area contributed by atoms with Gasteiger partial charge >= 0.3 is 0 Å². The van der Waals surface area contributed by atoms with E-state index in [2.05, 4.69) is 28.8 Å². The summed E-state index contributed by atoms with van der Waals surface area (Å²) < 4.78 is 25.0. The topological polar surface area (TPSA) is 78.5 Å². The molecule has 0 aliphatic carbocycles.